The van der Waals surface area contributed by atoms with Crippen LogP contribution in [0.5, 0.6) is 0 Å². The van der Waals surface area contributed by atoms with Crippen LogP contribution in [0.4, 0.5) is 0 Å². The van der Waals surface area contributed by atoms with Crippen LogP contribution in [0.3, 0.4) is 0 Å². The lowest BCUT2D eigenvalue weighted by atomic mass is 9.94. The minimum atomic E-state index is -1.74. The molecule has 0 aromatic carbocycles. The van der Waals surface area contributed by atoms with Gasteiger partial charge in [0.25, 0.3) is 0 Å². The Labute approximate surface area is 112 Å². The van der Waals surface area contributed by atoms with Crippen molar-refractivity contribution >= 4 is 0 Å². The topological polar surface area (TPSA) is 133 Å². The number of rotatable bonds is 7. The second-order valence-electron chi connectivity index (χ2n) is 5.17. The Bertz CT molecular complexity index is 248. The van der Waals surface area contributed by atoms with Gasteiger partial charge in [0, 0.05) is 6.04 Å². The van der Waals surface area contributed by atoms with E-state index in [1.165, 1.54) is 0 Å². The lowest BCUT2D eigenvalue weighted by Gasteiger charge is -2.32. The van der Waals surface area contributed by atoms with Crippen molar-refractivity contribution in [3.63, 3.8) is 0 Å². The maximum atomic E-state index is 9.77. The predicted molar refractivity (Wildman–Crippen MR) is 67.1 cm³/mol. The average molecular weight is 279 g/mol. The van der Waals surface area contributed by atoms with E-state index >= 15 is 0 Å². The summed E-state index contributed by atoms with van der Waals surface area (Å²) in [5, 5.41) is 59.2. The van der Waals surface area contributed by atoms with Gasteiger partial charge in [-0.1, -0.05) is 19.3 Å². The summed E-state index contributed by atoms with van der Waals surface area (Å²) in [7, 11) is 0. The SMILES string of the molecule is OCC(O)C(O)C(O)C(O)C(O)NC1CCCCC1. The molecule has 0 aromatic heterocycles. The highest BCUT2D eigenvalue weighted by molar-refractivity contribution is 4.85. The summed E-state index contributed by atoms with van der Waals surface area (Å²) >= 11 is 0. The molecule has 114 valence electrons. The molecule has 0 radical (unpaired) electrons. The van der Waals surface area contributed by atoms with Crippen LogP contribution in [0, 0.1) is 0 Å². The molecule has 0 aliphatic heterocycles. The van der Waals surface area contributed by atoms with Gasteiger partial charge in [0.05, 0.1) is 6.61 Å². The first-order valence-corrected chi connectivity index (χ1v) is 6.74. The molecule has 0 saturated heterocycles. The minimum absolute atomic E-state index is 0.0745. The Kier molecular flexibility index (Phi) is 7.16. The van der Waals surface area contributed by atoms with Crippen LogP contribution in [-0.4, -0.2) is 73.9 Å². The molecule has 1 rings (SSSR count). The number of nitrogens with one attached hydrogen (secondary N) is 1. The van der Waals surface area contributed by atoms with Crippen LogP contribution in [0.1, 0.15) is 32.1 Å². The fourth-order valence-electron chi connectivity index (χ4n) is 2.33. The Morgan fingerprint density at radius 2 is 1.42 bits per heavy atom. The van der Waals surface area contributed by atoms with E-state index in [4.69, 9.17) is 5.11 Å². The molecular weight excluding hydrogens is 254 g/mol. The van der Waals surface area contributed by atoms with Crippen molar-refractivity contribution < 1.29 is 30.6 Å². The lowest BCUT2D eigenvalue weighted by molar-refractivity contribution is -0.146. The van der Waals surface area contributed by atoms with Crippen LogP contribution in [0.25, 0.3) is 0 Å². The Hall–Kier alpha value is -0.280. The molecule has 5 unspecified atom stereocenters. The molecule has 19 heavy (non-hydrogen) atoms. The van der Waals surface area contributed by atoms with E-state index in [1.807, 2.05) is 0 Å². The van der Waals surface area contributed by atoms with Crippen LogP contribution < -0.4 is 5.32 Å². The Morgan fingerprint density at radius 1 is 0.842 bits per heavy atom. The highest BCUT2D eigenvalue weighted by Gasteiger charge is 2.34. The van der Waals surface area contributed by atoms with E-state index in [0.717, 1.165) is 32.1 Å². The minimum Gasteiger partial charge on any atom is -0.394 e. The van der Waals surface area contributed by atoms with Gasteiger partial charge in [-0.15, -0.1) is 0 Å². The second kappa shape index (κ2) is 8.11. The summed E-state index contributed by atoms with van der Waals surface area (Å²) < 4.78 is 0. The maximum Gasteiger partial charge on any atom is 0.134 e. The molecule has 1 saturated carbocycles. The zero-order valence-corrected chi connectivity index (χ0v) is 10.9. The molecule has 1 aliphatic rings. The van der Waals surface area contributed by atoms with Gasteiger partial charge in [-0.2, -0.15) is 0 Å². The van der Waals surface area contributed by atoms with Gasteiger partial charge in [-0.25, -0.2) is 0 Å². The molecule has 1 aliphatic carbocycles. The number of aliphatic hydroxyl groups excluding tert-OH is 6. The van der Waals surface area contributed by atoms with Crippen LogP contribution in [0.2, 0.25) is 0 Å². The Morgan fingerprint density at radius 3 is 1.95 bits per heavy atom. The van der Waals surface area contributed by atoms with Gasteiger partial charge in [0.1, 0.15) is 30.6 Å². The summed E-state index contributed by atoms with van der Waals surface area (Å²) in [6.45, 7) is -0.739. The fraction of sp³-hybridized carbons (Fsp3) is 1.00. The van der Waals surface area contributed by atoms with Gasteiger partial charge in [0.15, 0.2) is 0 Å². The standard InChI is InChI=1S/C12H25NO6/c14-6-8(15)9(16)10(17)11(18)12(19)13-7-4-2-1-3-5-7/h7-19H,1-6H2. The summed E-state index contributed by atoms with van der Waals surface area (Å²) in [4.78, 5) is 0. The molecule has 7 N–H and O–H groups in total. The van der Waals surface area contributed by atoms with Crippen LogP contribution in [-0.2, 0) is 0 Å². The molecule has 0 aromatic rings. The zero-order valence-electron chi connectivity index (χ0n) is 10.9. The Balaban J connectivity index is 2.43. The van der Waals surface area contributed by atoms with Crippen LogP contribution in [0.15, 0.2) is 0 Å². The van der Waals surface area contributed by atoms with E-state index in [1.54, 1.807) is 0 Å². The second-order valence-corrected chi connectivity index (χ2v) is 5.17. The summed E-state index contributed by atoms with van der Waals surface area (Å²) in [5.74, 6) is 0. The molecular formula is C12H25NO6. The van der Waals surface area contributed by atoms with Crippen molar-refractivity contribution in [3.8, 4) is 0 Å². The number of aliphatic hydroxyl groups is 6. The average Bonchev–Trinajstić information content (AvgIpc) is 2.44. The molecule has 5 atom stereocenters. The van der Waals surface area contributed by atoms with Crippen molar-refractivity contribution in [2.75, 3.05) is 6.61 Å². The molecule has 0 heterocycles. The quantitative estimate of drug-likeness (QED) is 0.260. The summed E-state index contributed by atoms with van der Waals surface area (Å²) in [6, 6.07) is 0.0745. The van der Waals surface area contributed by atoms with Crippen molar-refractivity contribution in [3.05, 3.63) is 0 Å². The fourth-order valence-corrected chi connectivity index (χ4v) is 2.33. The normalized spacial score (nSPS) is 25.6. The first-order valence-electron chi connectivity index (χ1n) is 6.74. The third-order valence-corrected chi connectivity index (χ3v) is 3.62. The smallest absolute Gasteiger partial charge is 0.134 e. The van der Waals surface area contributed by atoms with Gasteiger partial charge < -0.3 is 30.6 Å². The van der Waals surface area contributed by atoms with Gasteiger partial charge >= 0.3 is 0 Å². The van der Waals surface area contributed by atoms with Crippen molar-refractivity contribution in [2.45, 2.75) is 68.8 Å². The first kappa shape index (κ1) is 16.8. The predicted octanol–water partition coefficient (Wildman–Crippen LogP) is -2.34. The van der Waals surface area contributed by atoms with E-state index < -0.39 is 37.3 Å². The number of hydrogen-bond acceptors (Lipinski definition) is 7. The monoisotopic (exact) mass is 279 g/mol. The molecule has 1 fully saturated rings. The third kappa shape index (κ3) is 4.96. The van der Waals surface area contributed by atoms with Crippen LogP contribution >= 0.6 is 0 Å². The molecule has 0 spiro atoms. The zero-order chi connectivity index (χ0) is 14.4. The van der Waals surface area contributed by atoms with Gasteiger partial charge in [-0.3, -0.25) is 5.32 Å². The lowest BCUT2D eigenvalue weighted by Crippen LogP contribution is -2.55. The van der Waals surface area contributed by atoms with Gasteiger partial charge in [0.2, 0.25) is 0 Å². The summed E-state index contributed by atoms with van der Waals surface area (Å²) in [6.07, 6.45) is -3.02. The van der Waals surface area contributed by atoms with E-state index in [9.17, 15) is 25.5 Å². The maximum absolute atomic E-state index is 9.77. The molecule has 0 bridgehead atoms. The molecule has 7 nitrogen and oxygen atoms in total. The largest absolute Gasteiger partial charge is 0.394 e. The van der Waals surface area contributed by atoms with Crippen molar-refractivity contribution in [1.82, 2.24) is 5.32 Å². The van der Waals surface area contributed by atoms with Crippen molar-refractivity contribution in [1.29, 1.82) is 0 Å². The highest BCUT2D eigenvalue weighted by Crippen LogP contribution is 2.18. The molecule has 0 amide bonds. The molecule has 7 heteroatoms. The van der Waals surface area contributed by atoms with E-state index in [-0.39, 0.29) is 6.04 Å². The van der Waals surface area contributed by atoms with Crippen molar-refractivity contribution in [2.24, 2.45) is 0 Å². The van der Waals surface area contributed by atoms with E-state index in [0.29, 0.717) is 0 Å². The van der Waals surface area contributed by atoms with Gasteiger partial charge in [-0.05, 0) is 12.8 Å². The first-order chi connectivity index (χ1) is 8.97. The summed E-state index contributed by atoms with van der Waals surface area (Å²) in [5.41, 5.74) is 0. The highest BCUT2D eigenvalue weighted by atomic mass is 16.4. The third-order valence-electron chi connectivity index (χ3n) is 3.62. The van der Waals surface area contributed by atoms with E-state index in [2.05, 4.69) is 5.32 Å². The number of hydrogen-bond donors (Lipinski definition) is 7.